The van der Waals surface area contributed by atoms with Crippen molar-refractivity contribution >= 4 is 50.8 Å². The van der Waals surface area contributed by atoms with E-state index in [9.17, 15) is 0 Å². The number of nitrogen functional groups attached to an aromatic ring is 1. The normalized spacial score (nSPS) is 12.7. The van der Waals surface area contributed by atoms with Crippen LogP contribution in [0.4, 0.5) is 5.82 Å². The van der Waals surface area contributed by atoms with Crippen LogP contribution in [-0.4, -0.2) is 21.2 Å². The highest BCUT2D eigenvalue weighted by atomic mass is 32.2. The number of fused-ring (bicyclic) bond motifs is 1. The highest BCUT2D eigenvalue weighted by molar-refractivity contribution is 7.99. The molecule has 0 aliphatic carbocycles. The minimum atomic E-state index is 0.167. The molecule has 3 aromatic rings. The molecule has 3 heterocycles. The van der Waals surface area contributed by atoms with Gasteiger partial charge in [-0.25, -0.2) is 9.97 Å². The van der Waals surface area contributed by atoms with Crippen LogP contribution >= 0.6 is 34.9 Å². The van der Waals surface area contributed by atoms with E-state index in [4.69, 9.17) is 5.73 Å². The quantitative estimate of drug-likeness (QED) is 0.399. The van der Waals surface area contributed by atoms with Crippen LogP contribution in [0.5, 0.6) is 0 Å². The largest absolute Gasteiger partial charge is 0.384 e. The van der Waals surface area contributed by atoms with E-state index >= 15 is 0 Å². The molecule has 3 aromatic heterocycles. The first kappa shape index (κ1) is 16.5. The summed E-state index contributed by atoms with van der Waals surface area (Å²) in [6.45, 7) is 4.31. The zero-order chi connectivity index (χ0) is 16.4. The van der Waals surface area contributed by atoms with Crippen molar-refractivity contribution in [3.63, 3.8) is 0 Å². The average molecular weight is 363 g/mol. The molecule has 1 unspecified atom stereocenters. The number of thioether (sulfide) groups is 2. The summed E-state index contributed by atoms with van der Waals surface area (Å²) in [4.78, 5) is 13.4. The summed E-state index contributed by atoms with van der Waals surface area (Å²) in [5.74, 6) is 0.508. The molecule has 0 amide bonds. The van der Waals surface area contributed by atoms with Gasteiger partial charge in [0.05, 0.1) is 15.6 Å². The Morgan fingerprint density at radius 3 is 2.87 bits per heavy atom. The number of thiophene rings is 1. The topological polar surface area (TPSA) is 64.7 Å². The van der Waals surface area contributed by atoms with Crippen molar-refractivity contribution < 1.29 is 0 Å². The Kier molecular flexibility index (Phi) is 5.08. The first-order chi connectivity index (χ1) is 11.1. The Morgan fingerprint density at radius 2 is 2.13 bits per heavy atom. The lowest BCUT2D eigenvalue weighted by Gasteiger charge is -2.11. The van der Waals surface area contributed by atoms with Crippen molar-refractivity contribution in [3.05, 3.63) is 35.0 Å². The van der Waals surface area contributed by atoms with E-state index in [1.807, 2.05) is 12.5 Å². The summed E-state index contributed by atoms with van der Waals surface area (Å²) in [6, 6.07) is 3.99. The smallest absolute Gasteiger partial charge is 0.191 e. The van der Waals surface area contributed by atoms with Gasteiger partial charge in [0.25, 0.3) is 0 Å². The standard InChI is InChI=1S/C16H18N4S3/c1-4-10-8-22-13-7-18-12(5-11(10)13)9(2)23-16-19-14(17)6-15(20-16)21-3/h5-9H,4H2,1-3H3,(H2,17,19,20). The molecule has 3 rings (SSSR count). The molecule has 120 valence electrons. The van der Waals surface area contributed by atoms with Crippen LogP contribution in [0, 0.1) is 0 Å². The van der Waals surface area contributed by atoms with Crippen molar-refractivity contribution in [1.82, 2.24) is 15.0 Å². The number of hydrogen-bond acceptors (Lipinski definition) is 7. The number of pyridine rings is 1. The van der Waals surface area contributed by atoms with Crippen LogP contribution in [0.25, 0.3) is 10.1 Å². The van der Waals surface area contributed by atoms with Gasteiger partial charge in [0.2, 0.25) is 0 Å². The zero-order valence-electron chi connectivity index (χ0n) is 13.2. The van der Waals surface area contributed by atoms with Crippen molar-refractivity contribution in [3.8, 4) is 0 Å². The van der Waals surface area contributed by atoms with E-state index in [1.165, 1.54) is 15.6 Å². The summed E-state index contributed by atoms with van der Waals surface area (Å²) in [7, 11) is 0. The lowest BCUT2D eigenvalue weighted by atomic mass is 10.1. The third-order valence-corrected chi connectivity index (χ3v) is 6.15. The van der Waals surface area contributed by atoms with Crippen LogP contribution in [-0.2, 0) is 6.42 Å². The van der Waals surface area contributed by atoms with Gasteiger partial charge in [0, 0.05) is 12.3 Å². The number of aromatic nitrogens is 3. The first-order valence-electron chi connectivity index (χ1n) is 7.32. The summed E-state index contributed by atoms with van der Waals surface area (Å²) in [5.41, 5.74) is 8.29. The number of hydrogen-bond donors (Lipinski definition) is 1. The minimum absolute atomic E-state index is 0.167. The van der Waals surface area contributed by atoms with Gasteiger partial charge in [-0.1, -0.05) is 18.7 Å². The van der Waals surface area contributed by atoms with Gasteiger partial charge in [-0.15, -0.1) is 23.1 Å². The Labute approximate surface area is 148 Å². The Hall–Kier alpha value is -1.31. The number of aryl methyl sites for hydroxylation is 1. The molecule has 0 spiro atoms. The van der Waals surface area contributed by atoms with Gasteiger partial charge >= 0.3 is 0 Å². The zero-order valence-corrected chi connectivity index (χ0v) is 15.7. The third kappa shape index (κ3) is 3.62. The Morgan fingerprint density at radius 1 is 1.30 bits per heavy atom. The molecule has 0 aliphatic heterocycles. The third-order valence-electron chi connectivity index (χ3n) is 3.55. The van der Waals surface area contributed by atoms with Crippen molar-refractivity contribution in [2.45, 2.75) is 35.7 Å². The van der Waals surface area contributed by atoms with E-state index in [-0.39, 0.29) is 5.25 Å². The van der Waals surface area contributed by atoms with Gasteiger partial charge in [0.15, 0.2) is 5.16 Å². The fraction of sp³-hybridized carbons (Fsp3) is 0.312. The molecule has 4 nitrogen and oxygen atoms in total. The number of nitrogens with two attached hydrogens (primary N) is 1. The summed E-state index contributed by atoms with van der Waals surface area (Å²) in [5, 5.41) is 5.29. The molecule has 2 N–H and O–H groups in total. The summed E-state index contributed by atoms with van der Waals surface area (Å²) in [6.07, 6.45) is 5.00. The highest BCUT2D eigenvalue weighted by Gasteiger charge is 2.14. The maximum Gasteiger partial charge on any atom is 0.191 e. The van der Waals surface area contributed by atoms with Gasteiger partial charge in [0.1, 0.15) is 10.8 Å². The van der Waals surface area contributed by atoms with E-state index in [1.54, 1.807) is 40.9 Å². The van der Waals surface area contributed by atoms with Gasteiger partial charge in [-0.2, -0.15) is 0 Å². The summed E-state index contributed by atoms with van der Waals surface area (Å²) < 4.78 is 1.24. The molecule has 0 radical (unpaired) electrons. The van der Waals surface area contributed by atoms with Crippen molar-refractivity contribution in [2.75, 3.05) is 12.0 Å². The highest BCUT2D eigenvalue weighted by Crippen LogP contribution is 2.35. The minimum Gasteiger partial charge on any atom is -0.384 e. The SMILES string of the molecule is CCc1csc2cnc(C(C)Sc3nc(N)cc(SC)n3)cc12. The predicted octanol–water partition coefficient (Wildman–Crippen LogP) is 4.81. The molecule has 1 atom stereocenters. The summed E-state index contributed by atoms with van der Waals surface area (Å²) >= 11 is 4.92. The van der Waals surface area contributed by atoms with Gasteiger partial charge in [-0.3, -0.25) is 4.98 Å². The molecule has 0 aromatic carbocycles. The van der Waals surface area contributed by atoms with Crippen molar-refractivity contribution in [1.29, 1.82) is 0 Å². The fourth-order valence-corrected chi connectivity index (χ4v) is 4.64. The van der Waals surface area contributed by atoms with Gasteiger partial charge in [-0.05, 0) is 42.0 Å². The Bertz CT molecular complexity index is 831. The predicted molar refractivity (Wildman–Crippen MR) is 101 cm³/mol. The maximum atomic E-state index is 5.86. The molecule has 0 saturated heterocycles. The molecule has 7 heteroatoms. The maximum absolute atomic E-state index is 5.86. The first-order valence-corrected chi connectivity index (χ1v) is 10.3. The second-order valence-electron chi connectivity index (χ2n) is 5.10. The molecular weight excluding hydrogens is 344 g/mol. The van der Waals surface area contributed by atoms with E-state index in [0.717, 1.165) is 17.1 Å². The van der Waals surface area contributed by atoms with E-state index in [2.05, 4.69) is 40.2 Å². The number of anilines is 1. The van der Waals surface area contributed by atoms with E-state index < -0.39 is 0 Å². The molecule has 0 saturated carbocycles. The Balaban J connectivity index is 1.88. The molecular formula is C16H18N4S3. The van der Waals surface area contributed by atoms with Crippen LogP contribution in [0.2, 0.25) is 0 Å². The monoisotopic (exact) mass is 362 g/mol. The number of nitrogens with zero attached hydrogens (tertiary/aromatic N) is 3. The van der Waals surface area contributed by atoms with Crippen LogP contribution in [0.1, 0.15) is 30.4 Å². The van der Waals surface area contributed by atoms with Gasteiger partial charge < -0.3 is 5.73 Å². The number of rotatable bonds is 5. The van der Waals surface area contributed by atoms with Crippen LogP contribution < -0.4 is 5.73 Å². The second kappa shape index (κ2) is 7.07. The molecule has 0 aliphatic rings. The van der Waals surface area contributed by atoms with E-state index in [0.29, 0.717) is 11.0 Å². The molecule has 0 bridgehead atoms. The molecule has 0 fully saturated rings. The molecule has 23 heavy (non-hydrogen) atoms. The lowest BCUT2D eigenvalue weighted by molar-refractivity contribution is 0.888. The second-order valence-corrected chi connectivity index (χ2v) is 8.14. The van der Waals surface area contributed by atoms with Crippen LogP contribution in [0.3, 0.4) is 0 Å². The lowest BCUT2D eigenvalue weighted by Crippen LogP contribution is -1.99. The van der Waals surface area contributed by atoms with Crippen molar-refractivity contribution in [2.24, 2.45) is 0 Å². The van der Waals surface area contributed by atoms with Crippen LogP contribution in [0.15, 0.2) is 33.9 Å². The fourth-order valence-electron chi connectivity index (χ4n) is 2.29. The average Bonchev–Trinajstić information content (AvgIpc) is 2.96.